The topological polar surface area (TPSA) is 122 Å². The molecule has 4 N–H and O–H groups in total. The second kappa shape index (κ2) is 13.4. The first-order chi connectivity index (χ1) is 20.3. The van der Waals surface area contributed by atoms with E-state index in [0.29, 0.717) is 42.5 Å². The Bertz CT molecular complexity index is 1560. The number of aromatic nitrogens is 2. The van der Waals surface area contributed by atoms with Crippen molar-refractivity contribution < 1.29 is 31.5 Å². The van der Waals surface area contributed by atoms with Gasteiger partial charge in [-0.25, -0.2) is 23.4 Å². The molecule has 1 aliphatic rings. The van der Waals surface area contributed by atoms with Crippen LogP contribution in [0.2, 0.25) is 5.02 Å². The molecular weight excluding hydrogens is 601 g/mol. The van der Waals surface area contributed by atoms with Gasteiger partial charge in [0.25, 0.3) is 5.91 Å². The van der Waals surface area contributed by atoms with Crippen LogP contribution in [0.5, 0.6) is 0 Å². The van der Waals surface area contributed by atoms with E-state index in [2.05, 4.69) is 25.9 Å². The van der Waals surface area contributed by atoms with Gasteiger partial charge < -0.3 is 15.5 Å². The van der Waals surface area contributed by atoms with Crippen LogP contribution in [-0.2, 0) is 6.54 Å². The van der Waals surface area contributed by atoms with Crippen molar-refractivity contribution in [1.82, 2.24) is 20.2 Å². The second-order valence-corrected chi connectivity index (χ2v) is 10.2. The van der Waals surface area contributed by atoms with Gasteiger partial charge in [-0.15, -0.1) is 0 Å². The molecule has 0 unspecified atom stereocenters. The second-order valence-electron chi connectivity index (χ2n) is 9.76. The van der Waals surface area contributed by atoms with Crippen LogP contribution in [0.1, 0.15) is 27.9 Å². The quantitative estimate of drug-likeness (QED) is 0.270. The van der Waals surface area contributed by atoms with Crippen molar-refractivity contribution in [3.63, 3.8) is 0 Å². The minimum atomic E-state index is -4.25. The predicted octanol–water partition coefficient (Wildman–Crippen LogP) is 4.66. The highest BCUT2D eigenvalue weighted by Gasteiger charge is 2.29. The minimum Gasteiger partial charge on any atom is -0.367 e. The molecule has 10 nitrogen and oxygen atoms in total. The number of nitrogens with one attached hydrogen (secondary N) is 4. The highest BCUT2D eigenvalue weighted by atomic mass is 35.5. The number of halogens is 6. The number of nitrogens with zero attached hydrogens (tertiary/aromatic N) is 3. The number of alkyl halides is 3. The zero-order valence-corrected chi connectivity index (χ0v) is 23.5. The Morgan fingerprint density at radius 1 is 1.05 bits per heavy atom. The summed E-state index contributed by atoms with van der Waals surface area (Å²) in [5.74, 6) is -3.63. The van der Waals surface area contributed by atoms with Crippen LogP contribution in [0, 0.1) is 18.6 Å². The molecule has 2 aromatic carbocycles. The average molecular weight is 628 g/mol. The van der Waals surface area contributed by atoms with Gasteiger partial charge in [-0.2, -0.15) is 13.2 Å². The Labute approximate surface area is 247 Å². The fourth-order valence-electron chi connectivity index (χ4n) is 4.38. The van der Waals surface area contributed by atoms with Crippen molar-refractivity contribution in [1.29, 1.82) is 0 Å². The highest BCUT2D eigenvalue weighted by Crippen LogP contribution is 2.31. The summed E-state index contributed by atoms with van der Waals surface area (Å²) in [6, 6.07) is 5.98. The summed E-state index contributed by atoms with van der Waals surface area (Å²) in [4.78, 5) is 45.9. The fourth-order valence-corrected chi connectivity index (χ4v) is 4.55. The lowest BCUT2D eigenvalue weighted by Gasteiger charge is -2.37. The number of aryl methyl sites for hydroxylation is 1. The van der Waals surface area contributed by atoms with Crippen molar-refractivity contribution in [3.05, 3.63) is 80.4 Å². The predicted molar refractivity (Wildman–Crippen MR) is 151 cm³/mol. The van der Waals surface area contributed by atoms with E-state index in [0.717, 1.165) is 12.1 Å². The van der Waals surface area contributed by atoms with Crippen molar-refractivity contribution in [3.8, 4) is 0 Å². The number of H-pyrrole nitrogens is 1. The van der Waals surface area contributed by atoms with E-state index >= 15 is 0 Å². The van der Waals surface area contributed by atoms with E-state index < -0.39 is 54.0 Å². The van der Waals surface area contributed by atoms with Gasteiger partial charge in [0, 0.05) is 61.6 Å². The maximum Gasteiger partial charge on any atom is 0.390 e. The average Bonchev–Trinajstić information content (AvgIpc) is 2.95. The Balaban J connectivity index is 1.40. The number of rotatable bonds is 8. The molecular formula is C27H27ClF5N7O3. The summed E-state index contributed by atoms with van der Waals surface area (Å²) in [6.07, 6.45) is -3.91. The molecule has 1 fully saturated rings. The van der Waals surface area contributed by atoms with Crippen molar-refractivity contribution in [2.45, 2.75) is 26.1 Å². The Hall–Kier alpha value is -4.24. The standard InChI is InChI=1S/C27H27ClF5N7O3/c1-15-13-34-25(42)37-23(15)38-26(43)35-14-16-2-4-18(22(30)21(16)29)24(41)36-19-5-3-17(28)12-20(19)40-10-8-39(9-11-40)7-6-27(31,32)33/h2-5,12-13H,6-11,14H2,1H3,(H,36,41)(H3,34,35,37,38,42,43). The van der Waals surface area contributed by atoms with Crippen LogP contribution in [0.25, 0.3) is 0 Å². The number of hydrogen-bond acceptors (Lipinski definition) is 6. The number of hydrogen-bond donors (Lipinski definition) is 4. The summed E-state index contributed by atoms with van der Waals surface area (Å²) >= 11 is 6.16. The van der Waals surface area contributed by atoms with Gasteiger partial charge >= 0.3 is 17.9 Å². The molecule has 4 rings (SSSR count). The van der Waals surface area contributed by atoms with Gasteiger partial charge in [0.05, 0.1) is 23.4 Å². The molecule has 0 radical (unpaired) electrons. The third-order valence-electron chi connectivity index (χ3n) is 6.72. The maximum absolute atomic E-state index is 15.0. The first kappa shape index (κ1) is 31.7. The van der Waals surface area contributed by atoms with Gasteiger partial charge in [0.15, 0.2) is 11.6 Å². The minimum absolute atomic E-state index is 0.0843. The number of carbonyl (C=O) groups is 2. The first-order valence-electron chi connectivity index (χ1n) is 13.0. The van der Waals surface area contributed by atoms with Crippen molar-refractivity contribution >= 4 is 40.7 Å². The lowest BCUT2D eigenvalue weighted by atomic mass is 10.1. The molecule has 3 amide bonds. The number of urea groups is 1. The summed E-state index contributed by atoms with van der Waals surface area (Å²) in [5.41, 5.74) is -0.307. The summed E-state index contributed by atoms with van der Waals surface area (Å²) in [7, 11) is 0. The monoisotopic (exact) mass is 627 g/mol. The molecule has 3 aromatic rings. The molecule has 1 saturated heterocycles. The van der Waals surface area contributed by atoms with Gasteiger partial charge in [-0.1, -0.05) is 17.7 Å². The van der Waals surface area contributed by atoms with E-state index in [1.807, 2.05) is 4.90 Å². The van der Waals surface area contributed by atoms with E-state index in [1.165, 1.54) is 18.3 Å². The SMILES string of the molecule is Cc1cnc(=O)[nH]c1NC(=O)NCc1ccc(C(=O)Nc2ccc(Cl)cc2N2CCN(CCC(F)(F)F)CC2)c(F)c1F. The van der Waals surface area contributed by atoms with Crippen LogP contribution in [0.3, 0.4) is 0 Å². The lowest BCUT2D eigenvalue weighted by Crippen LogP contribution is -2.47. The molecule has 0 saturated carbocycles. The van der Waals surface area contributed by atoms with E-state index in [-0.39, 0.29) is 23.6 Å². The Kier molecular flexibility index (Phi) is 9.86. The number of amides is 3. The number of anilines is 3. The summed E-state index contributed by atoms with van der Waals surface area (Å²) in [6.45, 7) is 2.45. The zero-order valence-electron chi connectivity index (χ0n) is 22.7. The molecule has 1 aliphatic heterocycles. The Morgan fingerprint density at radius 3 is 2.47 bits per heavy atom. The fraction of sp³-hybridized carbons (Fsp3) is 0.333. The zero-order chi connectivity index (χ0) is 31.3. The molecule has 0 spiro atoms. The lowest BCUT2D eigenvalue weighted by molar-refractivity contribution is -0.138. The van der Waals surface area contributed by atoms with Crippen molar-refractivity contribution in [2.75, 3.05) is 48.3 Å². The van der Waals surface area contributed by atoms with E-state index in [1.54, 1.807) is 17.9 Å². The van der Waals surface area contributed by atoms with Gasteiger partial charge in [0.2, 0.25) is 0 Å². The van der Waals surface area contributed by atoms with Crippen LogP contribution in [0.4, 0.5) is 43.9 Å². The number of piperazine rings is 1. The van der Waals surface area contributed by atoms with Crippen LogP contribution < -0.4 is 26.5 Å². The van der Waals surface area contributed by atoms with Gasteiger partial charge in [-0.3, -0.25) is 20.0 Å². The maximum atomic E-state index is 15.0. The van der Waals surface area contributed by atoms with Crippen LogP contribution >= 0.6 is 11.6 Å². The van der Waals surface area contributed by atoms with E-state index in [9.17, 15) is 36.3 Å². The van der Waals surface area contributed by atoms with Crippen LogP contribution in [-0.4, -0.2) is 65.7 Å². The summed E-state index contributed by atoms with van der Waals surface area (Å²) < 4.78 is 67.6. The molecule has 230 valence electrons. The van der Waals surface area contributed by atoms with Crippen LogP contribution in [0.15, 0.2) is 41.3 Å². The van der Waals surface area contributed by atoms with E-state index in [4.69, 9.17) is 11.6 Å². The molecule has 2 heterocycles. The number of aromatic amines is 1. The largest absolute Gasteiger partial charge is 0.390 e. The highest BCUT2D eigenvalue weighted by molar-refractivity contribution is 6.31. The normalized spacial score (nSPS) is 14.0. The van der Waals surface area contributed by atoms with Gasteiger partial charge in [0.1, 0.15) is 5.82 Å². The first-order valence-corrected chi connectivity index (χ1v) is 13.4. The Morgan fingerprint density at radius 2 is 1.77 bits per heavy atom. The molecule has 0 atom stereocenters. The van der Waals surface area contributed by atoms with Gasteiger partial charge in [-0.05, 0) is 31.2 Å². The third kappa shape index (κ3) is 8.41. The molecule has 1 aromatic heterocycles. The number of benzene rings is 2. The molecule has 0 bridgehead atoms. The third-order valence-corrected chi connectivity index (χ3v) is 6.95. The molecule has 16 heteroatoms. The smallest absolute Gasteiger partial charge is 0.367 e. The van der Waals surface area contributed by atoms with Crippen molar-refractivity contribution in [2.24, 2.45) is 0 Å². The molecule has 0 aliphatic carbocycles. The molecule has 43 heavy (non-hydrogen) atoms. The summed E-state index contributed by atoms with van der Waals surface area (Å²) in [5, 5.41) is 7.62. The number of carbonyl (C=O) groups excluding carboxylic acids is 2.